The maximum atomic E-state index is 9.64. The third-order valence-electron chi connectivity index (χ3n) is 4.14. The van der Waals surface area contributed by atoms with Gasteiger partial charge in [-0.25, -0.2) is 0 Å². The summed E-state index contributed by atoms with van der Waals surface area (Å²) < 4.78 is 5.16. The molecule has 19 heavy (non-hydrogen) atoms. The minimum Gasteiger partial charge on any atom is -0.504 e. The van der Waals surface area contributed by atoms with E-state index in [1.807, 2.05) is 12.1 Å². The molecule has 3 N–H and O–H groups in total. The second-order valence-corrected chi connectivity index (χ2v) is 5.58. The molecule has 2 rings (SSSR count). The van der Waals surface area contributed by atoms with Crippen LogP contribution in [0, 0.1) is 0 Å². The predicted molar refractivity (Wildman–Crippen MR) is 76.6 cm³/mol. The molecule has 1 aromatic carbocycles. The Morgan fingerprint density at radius 2 is 2.05 bits per heavy atom. The van der Waals surface area contributed by atoms with Gasteiger partial charge in [0.2, 0.25) is 0 Å². The van der Waals surface area contributed by atoms with E-state index in [-0.39, 0.29) is 11.3 Å². The summed E-state index contributed by atoms with van der Waals surface area (Å²) in [6.07, 6.45) is 3.39. The van der Waals surface area contributed by atoms with Crippen LogP contribution in [-0.4, -0.2) is 42.3 Å². The maximum absolute atomic E-state index is 9.64. The van der Waals surface area contributed by atoms with E-state index in [2.05, 4.69) is 11.8 Å². The van der Waals surface area contributed by atoms with Gasteiger partial charge in [0.05, 0.1) is 7.11 Å². The van der Waals surface area contributed by atoms with Gasteiger partial charge in [0.1, 0.15) is 0 Å². The van der Waals surface area contributed by atoms with Gasteiger partial charge >= 0.3 is 0 Å². The predicted octanol–water partition coefficient (Wildman–Crippen LogP) is 1.76. The minimum absolute atomic E-state index is 0.0154. The molecule has 0 bridgehead atoms. The molecular weight excluding hydrogens is 240 g/mol. The van der Waals surface area contributed by atoms with Crippen LogP contribution in [0.15, 0.2) is 18.2 Å². The van der Waals surface area contributed by atoms with Crippen LogP contribution in [0.3, 0.4) is 0 Å². The highest BCUT2D eigenvalue weighted by atomic mass is 16.5. The van der Waals surface area contributed by atoms with E-state index in [4.69, 9.17) is 10.5 Å². The van der Waals surface area contributed by atoms with Crippen LogP contribution >= 0.6 is 0 Å². The standard InChI is InChI=1S/C15H24N2O2/c1-15(11-16,17-7-3-4-8-17)10-12-5-6-13(18)14(9-12)19-2/h5-6,9,18H,3-4,7-8,10-11,16H2,1-2H3. The van der Waals surface area contributed by atoms with Crippen molar-refractivity contribution < 1.29 is 9.84 Å². The third kappa shape index (κ3) is 3.01. The van der Waals surface area contributed by atoms with Crippen LogP contribution in [-0.2, 0) is 6.42 Å². The summed E-state index contributed by atoms with van der Waals surface area (Å²) in [5.41, 5.74) is 7.15. The fraction of sp³-hybridized carbons (Fsp3) is 0.600. The van der Waals surface area contributed by atoms with Gasteiger partial charge in [-0.05, 0) is 57.0 Å². The normalized spacial score (nSPS) is 19.3. The number of phenols is 1. The van der Waals surface area contributed by atoms with Crippen molar-refractivity contribution >= 4 is 0 Å². The topological polar surface area (TPSA) is 58.7 Å². The molecular formula is C15H24N2O2. The highest BCUT2D eigenvalue weighted by molar-refractivity contribution is 5.42. The molecule has 1 heterocycles. The van der Waals surface area contributed by atoms with E-state index in [0.717, 1.165) is 25.1 Å². The highest BCUT2D eigenvalue weighted by Gasteiger charge is 2.32. The molecule has 4 nitrogen and oxygen atoms in total. The summed E-state index contributed by atoms with van der Waals surface area (Å²) in [7, 11) is 1.57. The minimum atomic E-state index is -0.0154. The highest BCUT2D eigenvalue weighted by Crippen LogP contribution is 2.30. The summed E-state index contributed by atoms with van der Waals surface area (Å²) in [6, 6.07) is 5.54. The first kappa shape index (κ1) is 14.2. The second kappa shape index (κ2) is 5.80. The van der Waals surface area contributed by atoms with Gasteiger partial charge in [0, 0.05) is 12.1 Å². The van der Waals surface area contributed by atoms with E-state index >= 15 is 0 Å². The van der Waals surface area contributed by atoms with Gasteiger partial charge in [-0.1, -0.05) is 6.07 Å². The zero-order valence-electron chi connectivity index (χ0n) is 11.9. The number of phenolic OH excluding ortho intramolecular Hbond substituents is 1. The number of benzene rings is 1. The average Bonchev–Trinajstić information content (AvgIpc) is 2.95. The Morgan fingerprint density at radius 3 is 2.63 bits per heavy atom. The third-order valence-corrected chi connectivity index (χ3v) is 4.14. The van der Waals surface area contributed by atoms with Crippen LogP contribution in [0.1, 0.15) is 25.3 Å². The lowest BCUT2D eigenvalue weighted by Crippen LogP contribution is -2.51. The van der Waals surface area contributed by atoms with E-state index < -0.39 is 0 Å². The molecule has 1 aromatic rings. The number of ether oxygens (including phenoxy) is 1. The van der Waals surface area contributed by atoms with Crippen molar-refractivity contribution in [1.82, 2.24) is 4.90 Å². The van der Waals surface area contributed by atoms with Crippen LogP contribution in [0.25, 0.3) is 0 Å². The monoisotopic (exact) mass is 264 g/mol. The number of hydrogen-bond donors (Lipinski definition) is 2. The van der Waals surface area contributed by atoms with E-state index in [0.29, 0.717) is 12.3 Å². The number of aromatic hydroxyl groups is 1. The molecule has 1 unspecified atom stereocenters. The Labute approximate surface area is 115 Å². The molecule has 0 saturated carbocycles. The lowest BCUT2D eigenvalue weighted by molar-refractivity contribution is 0.143. The van der Waals surface area contributed by atoms with Crippen molar-refractivity contribution in [3.8, 4) is 11.5 Å². The SMILES string of the molecule is COc1cc(CC(C)(CN)N2CCCC2)ccc1O. The molecule has 1 atom stereocenters. The summed E-state index contributed by atoms with van der Waals surface area (Å²) in [6.45, 7) is 5.11. The maximum Gasteiger partial charge on any atom is 0.160 e. The van der Waals surface area contributed by atoms with Crippen molar-refractivity contribution in [2.45, 2.75) is 31.7 Å². The van der Waals surface area contributed by atoms with Gasteiger partial charge < -0.3 is 15.6 Å². The van der Waals surface area contributed by atoms with Gasteiger partial charge in [0.15, 0.2) is 11.5 Å². The number of rotatable bonds is 5. The molecule has 0 radical (unpaired) electrons. The number of nitrogens with zero attached hydrogens (tertiary/aromatic N) is 1. The smallest absolute Gasteiger partial charge is 0.160 e. The largest absolute Gasteiger partial charge is 0.504 e. The van der Waals surface area contributed by atoms with E-state index in [9.17, 15) is 5.11 Å². The fourth-order valence-electron chi connectivity index (χ4n) is 2.84. The molecule has 0 aliphatic carbocycles. The number of nitrogens with two attached hydrogens (primary N) is 1. The van der Waals surface area contributed by atoms with Gasteiger partial charge in [-0.3, -0.25) is 4.90 Å². The molecule has 4 heteroatoms. The molecule has 1 saturated heterocycles. The first-order chi connectivity index (χ1) is 9.09. The molecule has 1 aliphatic heterocycles. The Hall–Kier alpha value is -1.26. The summed E-state index contributed by atoms with van der Waals surface area (Å²) in [5, 5.41) is 9.64. The Balaban J connectivity index is 2.17. The zero-order valence-corrected chi connectivity index (χ0v) is 11.9. The second-order valence-electron chi connectivity index (χ2n) is 5.58. The lowest BCUT2D eigenvalue weighted by Gasteiger charge is -2.38. The lowest BCUT2D eigenvalue weighted by atomic mass is 9.91. The molecule has 1 fully saturated rings. The molecule has 0 spiro atoms. The van der Waals surface area contributed by atoms with Crippen molar-refractivity contribution in [3.05, 3.63) is 23.8 Å². The number of likely N-dealkylation sites (tertiary alicyclic amines) is 1. The van der Waals surface area contributed by atoms with Gasteiger partial charge in [0.25, 0.3) is 0 Å². The first-order valence-electron chi connectivity index (χ1n) is 6.90. The van der Waals surface area contributed by atoms with Gasteiger partial charge in [-0.2, -0.15) is 0 Å². The number of methoxy groups -OCH3 is 1. The zero-order chi connectivity index (χ0) is 13.9. The quantitative estimate of drug-likeness (QED) is 0.851. The average molecular weight is 264 g/mol. The van der Waals surface area contributed by atoms with Crippen LogP contribution in [0.4, 0.5) is 0 Å². The Bertz CT molecular complexity index is 430. The molecule has 0 amide bonds. The van der Waals surface area contributed by atoms with Crippen LogP contribution in [0.2, 0.25) is 0 Å². The summed E-state index contributed by atoms with van der Waals surface area (Å²) >= 11 is 0. The summed E-state index contributed by atoms with van der Waals surface area (Å²) in [4.78, 5) is 2.48. The van der Waals surface area contributed by atoms with Crippen molar-refractivity contribution in [3.63, 3.8) is 0 Å². The van der Waals surface area contributed by atoms with Crippen LogP contribution < -0.4 is 10.5 Å². The Morgan fingerprint density at radius 1 is 1.37 bits per heavy atom. The van der Waals surface area contributed by atoms with E-state index in [1.165, 1.54) is 12.8 Å². The van der Waals surface area contributed by atoms with Crippen molar-refractivity contribution in [2.75, 3.05) is 26.7 Å². The summed E-state index contributed by atoms with van der Waals surface area (Å²) in [5.74, 6) is 0.708. The number of hydrogen-bond acceptors (Lipinski definition) is 4. The van der Waals surface area contributed by atoms with Crippen molar-refractivity contribution in [2.24, 2.45) is 5.73 Å². The molecule has 1 aliphatic rings. The van der Waals surface area contributed by atoms with Crippen LogP contribution in [0.5, 0.6) is 11.5 Å². The van der Waals surface area contributed by atoms with Crippen molar-refractivity contribution in [1.29, 1.82) is 0 Å². The molecule has 106 valence electrons. The van der Waals surface area contributed by atoms with Gasteiger partial charge in [-0.15, -0.1) is 0 Å². The fourth-order valence-corrected chi connectivity index (χ4v) is 2.84. The first-order valence-corrected chi connectivity index (χ1v) is 6.90. The molecule has 0 aromatic heterocycles. The Kier molecular flexibility index (Phi) is 4.32. The van der Waals surface area contributed by atoms with E-state index in [1.54, 1.807) is 13.2 Å².